The molecular formula is C24H24N2O4. The average molecular weight is 404 g/mol. The van der Waals surface area contributed by atoms with Crippen LogP contribution in [0, 0.1) is 0 Å². The summed E-state index contributed by atoms with van der Waals surface area (Å²) in [7, 11) is 0. The van der Waals surface area contributed by atoms with Crippen LogP contribution >= 0.6 is 0 Å². The maximum atomic E-state index is 13.5. The fourth-order valence-corrected chi connectivity index (χ4v) is 3.85. The summed E-state index contributed by atoms with van der Waals surface area (Å²) in [5, 5.41) is 11.1. The number of carbonyl (C=O) groups is 2. The molecule has 6 nitrogen and oxygen atoms in total. The molecule has 0 unspecified atom stereocenters. The summed E-state index contributed by atoms with van der Waals surface area (Å²) in [4.78, 5) is 27.0. The van der Waals surface area contributed by atoms with E-state index in [2.05, 4.69) is 18.2 Å². The summed E-state index contributed by atoms with van der Waals surface area (Å²) in [6, 6.07) is 19.2. The third-order valence-corrected chi connectivity index (χ3v) is 5.70. The Morgan fingerprint density at radius 1 is 1.03 bits per heavy atom. The molecule has 0 saturated carbocycles. The highest BCUT2D eigenvalue weighted by molar-refractivity contribution is 5.94. The van der Waals surface area contributed by atoms with Crippen molar-refractivity contribution in [2.75, 3.05) is 13.2 Å². The summed E-state index contributed by atoms with van der Waals surface area (Å²) < 4.78 is 5.78. The first kappa shape index (κ1) is 19.9. The Kier molecular flexibility index (Phi) is 5.18. The molecule has 0 bridgehead atoms. The van der Waals surface area contributed by atoms with Crippen LogP contribution in [-0.4, -0.2) is 35.1 Å². The number of nitrogens with one attached hydrogen (secondary N) is 1. The lowest BCUT2D eigenvalue weighted by molar-refractivity contribution is -0.137. The minimum atomic E-state index is -0.703. The van der Waals surface area contributed by atoms with Gasteiger partial charge in [0.05, 0.1) is 12.0 Å². The van der Waals surface area contributed by atoms with Crippen LogP contribution in [0.15, 0.2) is 60.7 Å². The first-order chi connectivity index (χ1) is 14.4. The monoisotopic (exact) mass is 404 g/mol. The zero-order valence-electron chi connectivity index (χ0n) is 17.0. The number of benzene rings is 3. The Morgan fingerprint density at radius 3 is 2.57 bits per heavy atom. The molecule has 0 aliphatic carbocycles. The summed E-state index contributed by atoms with van der Waals surface area (Å²) in [5.41, 5.74) is 3.01. The molecule has 30 heavy (non-hydrogen) atoms. The van der Waals surface area contributed by atoms with Crippen molar-refractivity contribution >= 4 is 22.6 Å². The highest BCUT2D eigenvalue weighted by atomic mass is 16.5. The Bertz CT molecular complexity index is 1120. The van der Waals surface area contributed by atoms with Gasteiger partial charge in [0.25, 0.3) is 5.91 Å². The van der Waals surface area contributed by atoms with Crippen molar-refractivity contribution < 1.29 is 19.5 Å². The standard InChI is InChI=1S/C24H24N2O4/c1-24(2,20-10-9-16-5-3-4-6-17(16)13-20)23(28)26-11-12-30-21-14-18(22(27)25-29)7-8-19(21)15-26/h3-10,13-14,29H,11-12,15H2,1-2H3,(H,25,27). The van der Waals surface area contributed by atoms with Gasteiger partial charge in [0, 0.05) is 17.7 Å². The van der Waals surface area contributed by atoms with Crippen LogP contribution in [0.25, 0.3) is 10.8 Å². The zero-order chi connectivity index (χ0) is 21.3. The van der Waals surface area contributed by atoms with Gasteiger partial charge in [-0.05, 0) is 42.3 Å². The highest BCUT2D eigenvalue weighted by Gasteiger charge is 2.35. The molecule has 2 amide bonds. The van der Waals surface area contributed by atoms with Gasteiger partial charge in [-0.25, -0.2) is 5.48 Å². The maximum Gasteiger partial charge on any atom is 0.274 e. The van der Waals surface area contributed by atoms with Gasteiger partial charge in [0.2, 0.25) is 5.91 Å². The highest BCUT2D eigenvalue weighted by Crippen LogP contribution is 2.31. The van der Waals surface area contributed by atoms with Crippen molar-refractivity contribution in [2.45, 2.75) is 25.8 Å². The molecule has 1 aliphatic heterocycles. The predicted octanol–water partition coefficient (Wildman–Crippen LogP) is 3.66. The van der Waals surface area contributed by atoms with Gasteiger partial charge in [0.1, 0.15) is 12.4 Å². The van der Waals surface area contributed by atoms with E-state index in [9.17, 15) is 9.59 Å². The molecule has 3 aromatic rings. The SMILES string of the molecule is CC(C)(C(=O)N1CCOc2cc(C(=O)NO)ccc2C1)c1ccc2ccccc2c1. The fraction of sp³-hybridized carbons (Fsp3) is 0.250. The van der Waals surface area contributed by atoms with Crippen molar-refractivity contribution in [3.8, 4) is 5.75 Å². The second-order valence-corrected chi connectivity index (χ2v) is 8.03. The fourth-order valence-electron chi connectivity index (χ4n) is 3.85. The van der Waals surface area contributed by atoms with Gasteiger partial charge in [-0.2, -0.15) is 0 Å². The third-order valence-electron chi connectivity index (χ3n) is 5.70. The first-order valence-corrected chi connectivity index (χ1v) is 9.89. The smallest absolute Gasteiger partial charge is 0.274 e. The molecule has 0 aromatic heterocycles. The van der Waals surface area contributed by atoms with Gasteiger partial charge in [-0.15, -0.1) is 0 Å². The van der Waals surface area contributed by atoms with Crippen LogP contribution in [0.5, 0.6) is 5.75 Å². The molecule has 0 saturated heterocycles. The van der Waals surface area contributed by atoms with Crippen molar-refractivity contribution in [1.82, 2.24) is 10.4 Å². The van der Waals surface area contributed by atoms with Crippen LogP contribution < -0.4 is 10.2 Å². The lowest BCUT2D eigenvalue weighted by Gasteiger charge is -2.31. The number of carbonyl (C=O) groups excluding carboxylic acids is 2. The lowest BCUT2D eigenvalue weighted by Crippen LogP contribution is -2.44. The molecule has 1 heterocycles. The van der Waals surface area contributed by atoms with Gasteiger partial charge >= 0.3 is 0 Å². The van der Waals surface area contributed by atoms with E-state index in [-0.39, 0.29) is 5.91 Å². The quantitative estimate of drug-likeness (QED) is 0.516. The van der Waals surface area contributed by atoms with E-state index >= 15 is 0 Å². The molecule has 0 atom stereocenters. The number of amides is 2. The van der Waals surface area contributed by atoms with E-state index < -0.39 is 11.3 Å². The lowest BCUT2D eigenvalue weighted by atomic mass is 9.82. The number of ether oxygens (including phenoxy) is 1. The molecule has 0 spiro atoms. The molecule has 6 heteroatoms. The van der Waals surface area contributed by atoms with Crippen LogP contribution in [0.1, 0.15) is 35.3 Å². The van der Waals surface area contributed by atoms with E-state index in [1.54, 1.807) is 28.6 Å². The second kappa shape index (κ2) is 7.80. The summed E-state index contributed by atoms with van der Waals surface area (Å²) in [6.45, 7) is 5.07. The van der Waals surface area contributed by atoms with Crippen molar-refractivity contribution in [3.05, 3.63) is 77.4 Å². The summed E-state index contributed by atoms with van der Waals surface area (Å²) in [6.07, 6.45) is 0. The zero-order valence-corrected chi connectivity index (χ0v) is 17.0. The van der Waals surface area contributed by atoms with Crippen LogP contribution in [0.4, 0.5) is 0 Å². The predicted molar refractivity (Wildman–Crippen MR) is 114 cm³/mol. The first-order valence-electron chi connectivity index (χ1n) is 9.89. The van der Waals surface area contributed by atoms with Gasteiger partial charge < -0.3 is 9.64 Å². The van der Waals surface area contributed by atoms with Crippen molar-refractivity contribution in [2.24, 2.45) is 0 Å². The number of rotatable bonds is 3. The molecule has 3 aromatic carbocycles. The van der Waals surface area contributed by atoms with Crippen molar-refractivity contribution in [3.63, 3.8) is 0 Å². The van der Waals surface area contributed by atoms with E-state index in [0.717, 1.165) is 21.9 Å². The van der Waals surface area contributed by atoms with E-state index in [4.69, 9.17) is 9.94 Å². The summed E-state index contributed by atoms with van der Waals surface area (Å²) in [5.74, 6) is -0.0302. The normalized spacial score (nSPS) is 13.9. The minimum absolute atomic E-state index is 0.0198. The Labute approximate surface area is 175 Å². The molecule has 0 radical (unpaired) electrons. The molecule has 154 valence electrons. The molecular weight excluding hydrogens is 380 g/mol. The van der Waals surface area contributed by atoms with Gasteiger partial charge in [-0.3, -0.25) is 14.8 Å². The molecule has 0 fully saturated rings. The van der Waals surface area contributed by atoms with Crippen LogP contribution in [0.3, 0.4) is 0 Å². The Balaban J connectivity index is 1.61. The largest absolute Gasteiger partial charge is 0.491 e. The topological polar surface area (TPSA) is 78.9 Å². The number of hydrogen-bond acceptors (Lipinski definition) is 4. The van der Waals surface area contributed by atoms with E-state index in [1.165, 1.54) is 0 Å². The van der Waals surface area contributed by atoms with E-state index in [1.807, 2.05) is 38.1 Å². The van der Waals surface area contributed by atoms with Gasteiger partial charge in [-0.1, -0.05) is 48.5 Å². The number of hydrogen-bond donors (Lipinski definition) is 2. The maximum absolute atomic E-state index is 13.5. The summed E-state index contributed by atoms with van der Waals surface area (Å²) >= 11 is 0. The van der Waals surface area contributed by atoms with Gasteiger partial charge in [0.15, 0.2) is 0 Å². The Hall–Kier alpha value is -3.38. The number of nitrogens with zero attached hydrogens (tertiary/aromatic N) is 1. The Morgan fingerprint density at radius 2 is 1.80 bits per heavy atom. The third kappa shape index (κ3) is 3.62. The minimum Gasteiger partial charge on any atom is -0.491 e. The average Bonchev–Trinajstić information content (AvgIpc) is 2.99. The van der Waals surface area contributed by atoms with E-state index in [0.29, 0.717) is 31.0 Å². The van der Waals surface area contributed by atoms with Crippen LogP contribution in [0.2, 0.25) is 0 Å². The second-order valence-electron chi connectivity index (χ2n) is 8.03. The van der Waals surface area contributed by atoms with Crippen molar-refractivity contribution in [1.29, 1.82) is 0 Å². The molecule has 2 N–H and O–H groups in total. The number of hydroxylamine groups is 1. The molecule has 4 rings (SSSR count). The van der Waals surface area contributed by atoms with Crippen LogP contribution in [-0.2, 0) is 16.8 Å². The number of fused-ring (bicyclic) bond motifs is 2. The molecule has 1 aliphatic rings.